The Morgan fingerprint density at radius 2 is 1.97 bits per heavy atom. The summed E-state index contributed by atoms with van der Waals surface area (Å²) in [4.78, 5) is 22.5. The van der Waals surface area contributed by atoms with Crippen LogP contribution in [0.2, 0.25) is 0 Å². The van der Waals surface area contributed by atoms with Crippen molar-refractivity contribution in [2.45, 2.75) is 38.2 Å². The maximum Gasteiger partial charge on any atom is 0.424 e. The van der Waals surface area contributed by atoms with Crippen LogP contribution in [0, 0.1) is 17.1 Å². The van der Waals surface area contributed by atoms with Gasteiger partial charge >= 0.3 is 6.18 Å². The highest BCUT2D eigenvalue weighted by Crippen LogP contribution is 2.40. The summed E-state index contributed by atoms with van der Waals surface area (Å²) in [5.74, 6) is -1.61. The van der Waals surface area contributed by atoms with E-state index >= 15 is 0 Å². The summed E-state index contributed by atoms with van der Waals surface area (Å²) in [6.07, 6.45) is -0.995. The van der Waals surface area contributed by atoms with Crippen LogP contribution >= 0.6 is 0 Å². The van der Waals surface area contributed by atoms with Gasteiger partial charge in [0.15, 0.2) is 5.82 Å². The Kier molecular flexibility index (Phi) is 5.65. The number of carbonyl (C=O) groups excluding carboxylic acids is 1. The molecule has 7 nitrogen and oxygen atoms in total. The summed E-state index contributed by atoms with van der Waals surface area (Å²) in [7, 11) is 0. The lowest BCUT2D eigenvalue weighted by Gasteiger charge is -2.36. The van der Waals surface area contributed by atoms with Crippen molar-refractivity contribution in [3.8, 4) is 17.2 Å². The van der Waals surface area contributed by atoms with Crippen molar-refractivity contribution < 1.29 is 27.5 Å². The molecule has 1 aromatic carbocycles. The first kappa shape index (κ1) is 23.4. The van der Waals surface area contributed by atoms with Crippen LogP contribution < -0.4 is 0 Å². The summed E-state index contributed by atoms with van der Waals surface area (Å²) >= 11 is 0. The Balaban J connectivity index is 1.62. The van der Waals surface area contributed by atoms with Gasteiger partial charge in [0.1, 0.15) is 5.82 Å². The van der Waals surface area contributed by atoms with E-state index in [-0.39, 0.29) is 29.8 Å². The van der Waals surface area contributed by atoms with Gasteiger partial charge in [0.05, 0.1) is 41.7 Å². The van der Waals surface area contributed by atoms with Gasteiger partial charge in [-0.2, -0.15) is 18.4 Å². The fourth-order valence-corrected chi connectivity index (χ4v) is 4.01. The zero-order valence-corrected chi connectivity index (χ0v) is 18.1. The van der Waals surface area contributed by atoms with Crippen LogP contribution in [0.1, 0.15) is 47.3 Å². The van der Waals surface area contributed by atoms with Gasteiger partial charge in [0.25, 0.3) is 5.91 Å². The second kappa shape index (κ2) is 8.22. The molecule has 0 fully saturated rings. The van der Waals surface area contributed by atoms with Crippen LogP contribution in [0.25, 0.3) is 11.1 Å². The highest BCUT2D eigenvalue weighted by atomic mass is 19.4. The van der Waals surface area contributed by atoms with Crippen molar-refractivity contribution in [3.05, 3.63) is 71.3 Å². The van der Waals surface area contributed by atoms with Crippen molar-refractivity contribution in [2.75, 3.05) is 6.54 Å². The minimum Gasteiger partial charge on any atom is -0.374 e. The number of nitrogens with zero attached hydrogens (tertiary/aromatic N) is 5. The number of hydrogen-bond donors (Lipinski definition) is 1. The number of aliphatic hydroxyl groups is 1. The van der Waals surface area contributed by atoms with E-state index in [1.807, 2.05) is 6.07 Å². The number of carbonyl (C=O) groups is 1. The molecule has 11 heteroatoms. The molecule has 1 aliphatic heterocycles. The average Bonchev–Trinajstić information content (AvgIpc) is 3.23. The summed E-state index contributed by atoms with van der Waals surface area (Å²) in [5.41, 5.74) is -1.96. The molecule has 176 valence electrons. The molecule has 3 aromatic rings. The van der Waals surface area contributed by atoms with E-state index in [4.69, 9.17) is 5.26 Å². The molecule has 1 N–H and O–H groups in total. The number of benzene rings is 1. The molecule has 0 unspecified atom stereocenters. The van der Waals surface area contributed by atoms with Crippen LogP contribution in [0.5, 0.6) is 0 Å². The number of imidazole rings is 1. The summed E-state index contributed by atoms with van der Waals surface area (Å²) < 4.78 is 55.8. The van der Waals surface area contributed by atoms with Crippen molar-refractivity contribution in [3.63, 3.8) is 0 Å². The minimum atomic E-state index is -4.92. The second-order valence-corrected chi connectivity index (χ2v) is 8.32. The number of aromatic nitrogens is 3. The predicted octanol–water partition coefficient (Wildman–Crippen LogP) is 3.94. The van der Waals surface area contributed by atoms with Gasteiger partial charge in [-0.15, -0.1) is 0 Å². The van der Waals surface area contributed by atoms with Crippen LogP contribution in [0.3, 0.4) is 0 Å². The largest absolute Gasteiger partial charge is 0.424 e. The van der Waals surface area contributed by atoms with Gasteiger partial charge in [-0.05, 0) is 32.0 Å². The smallest absolute Gasteiger partial charge is 0.374 e. The van der Waals surface area contributed by atoms with E-state index in [0.29, 0.717) is 18.2 Å². The lowest BCUT2D eigenvalue weighted by Crippen LogP contribution is -2.45. The Hall–Kier alpha value is -3.78. The van der Waals surface area contributed by atoms with E-state index in [9.17, 15) is 27.5 Å². The molecule has 1 amide bonds. The van der Waals surface area contributed by atoms with Gasteiger partial charge in [0, 0.05) is 30.1 Å². The Morgan fingerprint density at radius 1 is 1.24 bits per heavy atom. The molecule has 1 aliphatic rings. The maximum atomic E-state index is 14.4. The number of nitriles is 1. The third kappa shape index (κ3) is 3.90. The first-order valence-electron chi connectivity index (χ1n) is 10.2. The molecular formula is C23H19F4N5O2. The number of hydrogen-bond acceptors (Lipinski definition) is 5. The van der Waals surface area contributed by atoms with Crippen molar-refractivity contribution in [1.82, 2.24) is 19.4 Å². The van der Waals surface area contributed by atoms with E-state index in [0.717, 1.165) is 6.07 Å². The molecule has 0 bridgehead atoms. The van der Waals surface area contributed by atoms with E-state index in [1.54, 1.807) is 6.92 Å². The number of fused-ring (bicyclic) bond motifs is 1. The van der Waals surface area contributed by atoms with Crippen LogP contribution in [-0.4, -0.2) is 43.2 Å². The molecule has 34 heavy (non-hydrogen) atoms. The van der Waals surface area contributed by atoms with Crippen molar-refractivity contribution in [1.29, 1.82) is 5.26 Å². The lowest BCUT2D eigenvalue weighted by molar-refractivity contribution is -0.263. The van der Waals surface area contributed by atoms with E-state index < -0.39 is 35.4 Å². The number of alkyl halides is 3. The number of pyridine rings is 1. The second-order valence-electron chi connectivity index (χ2n) is 8.32. The molecule has 0 saturated carbocycles. The molecular weight excluding hydrogens is 454 g/mol. The van der Waals surface area contributed by atoms with Gasteiger partial charge in [-0.3, -0.25) is 9.78 Å². The Morgan fingerprint density at radius 3 is 2.62 bits per heavy atom. The third-order valence-electron chi connectivity index (χ3n) is 5.82. The predicted molar refractivity (Wildman–Crippen MR) is 112 cm³/mol. The van der Waals surface area contributed by atoms with E-state index in [2.05, 4.69) is 9.97 Å². The zero-order valence-electron chi connectivity index (χ0n) is 18.1. The molecule has 2 aromatic heterocycles. The molecule has 3 heterocycles. The number of rotatable bonds is 3. The Labute approximate surface area is 191 Å². The normalized spacial score (nSPS) is 17.6. The topological polar surface area (TPSA) is 95.0 Å². The first-order valence-corrected chi connectivity index (χ1v) is 10.2. The Bertz CT molecular complexity index is 1310. The fraction of sp³-hybridized carbons (Fsp3) is 0.304. The SMILES string of the molecule is C[C@H]1CN(C(=O)c2cncc(-c3ccc(C#N)cc3F)c2)Cc2cnc([C@@](C)(O)C(F)(F)F)n21. The summed E-state index contributed by atoms with van der Waals surface area (Å²) in [5, 5.41) is 19.0. The number of amides is 1. The van der Waals surface area contributed by atoms with Crippen molar-refractivity contribution >= 4 is 5.91 Å². The maximum absolute atomic E-state index is 14.4. The standard InChI is InChI=1S/C23H19F4N5O2/c1-13-11-31(12-17-10-30-21(32(13)17)22(2,34)23(25,26)27)20(33)16-6-15(8-29-9-16)18-4-3-14(7-28)5-19(18)24/h3-6,8-10,13,34H,11-12H2,1-2H3/t13-,22+/m0/s1. The van der Waals surface area contributed by atoms with Crippen molar-refractivity contribution in [2.24, 2.45) is 0 Å². The van der Waals surface area contributed by atoms with Crippen LogP contribution in [0.15, 0.2) is 42.9 Å². The van der Waals surface area contributed by atoms with Gasteiger partial charge in [-0.1, -0.05) is 6.07 Å². The highest BCUT2D eigenvalue weighted by molar-refractivity contribution is 5.95. The molecule has 0 saturated heterocycles. The summed E-state index contributed by atoms with van der Waals surface area (Å²) in [6, 6.07) is 6.69. The van der Waals surface area contributed by atoms with Crippen LogP contribution in [0.4, 0.5) is 17.6 Å². The molecule has 0 radical (unpaired) electrons. The molecule has 0 aliphatic carbocycles. The van der Waals surface area contributed by atoms with E-state index in [1.165, 1.54) is 46.3 Å². The average molecular weight is 473 g/mol. The lowest BCUT2D eigenvalue weighted by atomic mass is 10.0. The van der Waals surface area contributed by atoms with Crippen LogP contribution in [-0.2, 0) is 12.1 Å². The monoisotopic (exact) mass is 473 g/mol. The van der Waals surface area contributed by atoms with Gasteiger partial charge in [-0.25, -0.2) is 9.37 Å². The fourth-order valence-electron chi connectivity index (χ4n) is 4.01. The first-order chi connectivity index (χ1) is 15.9. The third-order valence-corrected chi connectivity index (χ3v) is 5.82. The zero-order chi connectivity index (χ0) is 24.8. The van der Waals surface area contributed by atoms with Gasteiger partial charge < -0.3 is 14.6 Å². The molecule has 0 spiro atoms. The quantitative estimate of drug-likeness (QED) is 0.582. The highest BCUT2D eigenvalue weighted by Gasteiger charge is 2.55. The minimum absolute atomic E-state index is 0.0282. The summed E-state index contributed by atoms with van der Waals surface area (Å²) in [6.45, 7) is 2.31. The number of halogens is 4. The molecule has 4 rings (SSSR count). The van der Waals surface area contributed by atoms with Gasteiger partial charge in [0.2, 0.25) is 5.60 Å². The molecule has 2 atom stereocenters.